The fourth-order valence-corrected chi connectivity index (χ4v) is 6.67. The number of hydrogen-bond acceptors (Lipinski definition) is 9. The molecule has 0 N–H and O–H groups in total. The summed E-state index contributed by atoms with van der Waals surface area (Å²) >= 11 is 0. The predicted octanol–water partition coefficient (Wildman–Crippen LogP) is 2.70. The minimum atomic E-state index is -0.155. The van der Waals surface area contributed by atoms with Crippen LogP contribution in [-0.2, 0) is 48.7 Å². The van der Waals surface area contributed by atoms with E-state index in [0.717, 1.165) is 13.1 Å². The molecular formula is C41H61ClN2O8. The largest absolute Gasteiger partial charge is 1.00 e. The predicted molar refractivity (Wildman–Crippen MR) is 202 cm³/mol. The van der Waals surface area contributed by atoms with Gasteiger partial charge in [-0.1, -0.05) is 56.3 Å². The number of nitrogens with zero attached hydrogens (tertiary/aromatic N) is 2. The zero-order chi connectivity index (χ0) is 36.4. The Morgan fingerprint density at radius 2 is 1.06 bits per heavy atom. The topological polar surface area (TPSA) is 80.1 Å². The van der Waals surface area contributed by atoms with Gasteiger partial charge in [-0.2, -0.15) is 4.58 Å². The third-order valence-electron chi connectivity index (χ3n) is 9.38. The number of ether oxygens (including phenoxy) is 8. The van der Waals surface area contributed by atoms with Crippen LogP contribution in [0.15, 0.2) is 72.5 Å². The molecule has 11 heteroatoms. The van der Waals surface area contributed by atoms with Crippen molar-refractivity contribution in [2.45, 2.75) is 38.5 Å². The van der Waals surface area contributed by atoms with E-state index in [1.54, 1.807) is 14.2 Å². The zero-order valence-corrected chi connectivity index (χ0v) is 33.0. The fourth-order valence-electron chi connectivity index (χ4n) is 6.67. The first kappa shape index (κ1) is 43.8. The van der Waals surface area contributed by atoms with E-state index < -0.39 is 0 Å². The lowest BCUT2D eigenvalue weighted by molar-refractivity contribution is -0.442. The molecule has 0 amide bonds. The lowest BCUT2D eigenvalue weighted by Crippen LogP contribution is -3.00. The third kappa shape index (κ3) is 12.2. The molecule has 2 heterocycles. The molecule has 290 valence electrons. The molecule has 10 nitrogen and oxygen atoms in total. The maximum absolute atomic E-state index is 6.01. The van der Waals surface area contributed by atoms with Crippen LogP contribution in [0.3, 0.4) is 0 Å². The van der Waals surface area contributed by atoms with Gasteiger partial charge in [0.15, 0.2) is 12.3 Å². The number of rotatable bonds is 26. The minimum Gasteiger partial charge on any atom is -1.00 e. The van der Waals surface area contributed by atoms with Gasteiger partial charge >= 0.3 is 0 Å². The molecular weight excluding hydrogens is 684 g/mol. The van der Waals surface area contributed by atoms with Gasteiger partial charge in [-0.05, 0) is 31.6 Å². The summed E-state index contributed by atoms with van der Waals surface area (Å²) in [5.74, 6) is 0. The molecule has 2 aliphatic heterocycles. The lowest BCUT2D eigenvalue weighted by Gasteiger charge is -2.27. The van der Waals surface area contributed by atoms with Crippen LogP contribution in [0.25, 0.3) is 0 Å². The first-order chi connectivity index (χ1) is 24.8. The molecule has 0 aromatic heterocycles. The molecule has 0 unspecified atom stereocenters. The summed E-state index contributed by atoms with van der Waals surface area (Å²) in [5.41, 5.74) is 7.31. The normalized spacial score (nSPS) is 16.6. The number of methoxy groups -OCH3 is 2. The molecule has 0 saturated carbocycles. The highest BCUT2D eigenvalue weighted by Gasteiger charge is 2.44. The van der Waals surface area contributed by atoms with Crippen LogP contribution >= 0.6 is 0 Å². The SMILES string of the molecule is COCCOCCOCCOCCN1/C(=C\C=C\C2=[N+](CCOCCOCCOCCOC)c3ccccc3C2(C)C)C(C)(C)c2ccccc21.[Cl-]. The average Bonchev–Trinajstić information content (AvgIpc) is 3.48. The van der Waals surface area contributed by atoms with Crippen molar-refractivity contribution < 1.29 is 54.9 Å². The van der Waals surface area contributed by atoms with Crippen molar-refractivity contribution in [2.24, 2.45) is 0 Å². The molecule has 4 rings (SSSR count). The van der Waals surface area contributed by atoms with E-state index >= 15 is 0 Å². The van der Waals surface area contributed by atoms with Gasteiger partial charge < -0.3 is 55.2 Å². The quantitative estimate of drug-likeness (QED) is 0.107. The Hall–Kier alpha value is -2.64. The second-order valence-corrected chi connectivity index (χ2v) is 13.5. The number of hydrogen-bond donors (Lipinski definition) is 0. The van der Waals surface area contributed by atoms with Crippen LogP contribution in [0.4, 0.5) is 11.4 Å². The smallest absolute Gasteiger partial charge is 0.209 e. The van der Waals surface area contributed by atoms with Gasteiger partial charge in [0.2, 0.25) is 5.69 Å². The van der Waals surface area contributed by atoms with Crippen LogP contribution < -0.4 is 17.3 Å². The molecule has 0 bridgehead atoms. The fraction of sp³-hybridized carbons (Fsp3) is 0.585. The van der Waals surface area contributed by atoms with E-state index in [9.17, 15) is 0 Å². The molecule has 0 saturated heterocycles. The van der Waals surface area contributed by atoms with Gasteiger partial charge in [-0.15, -0.1) is 0 Å². The Morgan fingerprint density at radius 1 is 0.577 bits per heavy atom. The van der Waals surface area contributed by atoms with Crippen molar-refractivity contribution >= 4 is 17.1 Å². The van der Waals surface area contributed by atoms with E-state index in [2.05, 4.69) is 104 Å². The maximum atomic E-state index is 6.01. The Bertz CT molecular complexity index is 1430. The summed E-state index contributed by atoms with van der Waals surface area (Å²) in [6.07, 6.45) is 6.78. The van der Waals surface area contributed by atoms with Crippen molar-refractivity contribution in [3.63, 3.8) is 0 Å². The van der Waals surface area contributed by atoms with Crippen molar-refractivity contribution in [3.05, 3.63) is 83.6 Å². The summed E-state index contributed by atoms with van der Waals surface area (Å²) in [5, 5.41) is 0. The van der Waals surface area contributed by atoms with Crippen molar-refractivity contribution in [3.8, 4) is 0 Å². The Kier molecular flexibility index (Phi) is 19.5. The van der Waals surface area contributed by atoms with E-state index in [1.165, 1.54) is 33.9 Å². The Balaban J connectivity index is 0.00000729. The van der Waals surface area contributed by atoms with Gasteiger partial charge in [0, 0.05) is 55.3 Å². The van der Waals surface area contributed by atoms with Crippen molar-refractivity contribution in [1.82, 2.24) is 0 Å². The van der Waals surface area contributed by atoms with E-state index in [0.29, 0.717) is 92.5 Å². The van der Waals surface area contributed by atoms with Crippen LogP contribution in [0, 0.1) is 0 Å². The van der Waals surface area contributed by atoms with Gasteiger partial charge in [-0.25, -0.2) is 0 Å². The highest BCUT2D eigenvalue weighted by atomic mass is 35.5. The maximum Gasteiger partial charge on any atom is 0.209 e. The monoisotopic (exact) mass is 744 g/mol. The van der Waals surface area contributed by atoms with Crippen LogP contribution in [0.5, 0.6) is 0 Å². The molecule has 52 heavy (non-hydrogen) atoms. The molecule has 2 aromatic rings. The second-order valence-electron chi connectivity index (χ2n) is 13.5. The second kappa shape index (κ2) is 23.2. The standard InChI is InChI=1S/C41H61N2O8.ClH/c1-40(2)34-12-7-9-14-36(34)42(18-20-46-26-28-50-32-30-48-24-22-44-5)38(40)16-11-17-39-41(3,4)35-13-8-10-15-37(35)43(39)19-21-47-27-29-51-33-31-49-25-23-45-6;/h7-17H,18-33H2,1-6H3;1H/q+1;/p-1. The number of anilines is 1. The molecule has 2 aromatic carbocycles. The van der Waals surface area contributed by atoms with Gasteiger partial charge in [0.1, 0.15) is 6.61 Å². The molecule has 2 aliphatic rings. The first-order valence-corrected chi connectivity index (χ1v) is 18.3. The number of allylic oxidation sites excluding steroid dienone is 4. The summed E-state index contributed by atoms with van der Waals surface area (Å²) < 4.78 is 46.6. The van der Waals surface area contributed by atoms with Crippen molar-refractivity contribution in [2.75, 3.05) is 125 Å². The van der Waals surface area contributed by atoms with E-state index in [-0.39, 0.29) is 23.2 Å². The minimum absolute atomic E-state index is 0. The highest BCUT2D eigenvalue weighted by molar-refractivity contribution is 6.03. The Labute approximate surface area is 318 Å². The average molecular weight is 745 g/mol. The van der Waals surface area contributed by atoms with Crippen LogP contribution in [0.1, 0.15) is 38.8 Å². The number of para-hydroxylation sites is 2. The number of benzene rings is 2. The summed E-state index contributed by atoms with van der Waals surface area (Å²) in [6, 6.07) is 17.4. The third-order valence-corrected chi connectivity index (χ3v) is 9.38. The highest BCUT2D eigenvalue weighted by Crippen LogP contribution is 2.47. The summed E-state index contributed by atoms with van der Waals surface area (Å²) in [4.78, 5) is 2.41. The van der Waals surface area contributed by atoms with Crippen LogP contribution in [0.2, 0.25) is 0 Å². The summed E-state index contributed by atoms with van der Waals surface area (Å²) in [6.45, 7) is 18.6. The van der Waals surface area contributed by atoms with E-state index in [4.69, 9.17) is 37.9 Å². The molecule has 0 fully saturated rings. The molecule has 0 spiro atoms. The molecule has 0 radical (unpaired) electrons. The molecule has 0 atom stereocenters. The lowest BCUT2D eigenvalue weighted by atomic mass is 9.81. The van der Waals surface area contributed by atoms with Gasteiger partial charge in [0.05, 0.1) is 91.3 Å². The first-order valence-electron chi connectivity index (χ1n) is 18.3. The van der Waals surface area contributed by atoms with Crippen molar-refractivity contribution in [1.29, 1.82) is 0 Å². The zero-order valence-electron chi connectivity index (χ0n) is 32.2. The number of halogens is 1. The Morgan fingerprint density at radius 3 is 1.63 bits per heavy atom. The van der Waals surface area contributed by atoms with Gasteiger partial charge in [-0.3, -0.25) is 0 Å². The van der Waals surface area contributed by atoms with E-state index in [1.807, 2.05) is 0 Å². The summed E-state index contributed by atoms with van der Waals surface area (Å²) in [7, 11) is 3.33. The van der Waals surface area contributed by atoms with Gasteiger partial charge in [0.25, 0.3) is 0 Å². The van der Waals surface area contributed by atoms with Crippen LogP contribution in [-0.4, -0.2) is 130 Å². The number of fused-ring (bicyclic) bond motifs is 2. The molecule has 0 aliphatic carbocycles.